The van der Waals surface area contributed by atoms with Crippen molar-refractivity contribution in [2.24, 2.45) is 0 Å². The Morgan fingerprint density at radius 2 is 1.83 bits per heavy atom. The van der Waals surface area contributed by atoms with E-state index in [4.69, 9.17) is 0 Å². The number of hydrogen-bond acceptors (Lipinski definition) is 3. The van der Waals surface area contributed by atoms with E-state index in [1.165, 1.54) is 12.1 Å². The van der Waals surface area contributed by atoms with Crippen LogP contribution in [0.5, 0.6) is 0 Å². The third-order valence-electron chi connectivity index (χ3n) is 5.09. The summed E-state index contributed by atoms with van der Waals surface area (Å²) in [4.78, 5) is 21.7. The van der Waals surface area contributed by atoms with E-state index in [1.54, 1.807) is 18.3 Å². The lowest BCUT2D eigenvalue weighted by atomic mass is 10.1. The number of aryl methyl sites for hydroxylation is 1. The van der Waals surface area contributed by atoms with Crippen molar-refractivity contribution >= 4 is 17.1 Å². The second kappa shape index (κ2) is 8.86. The Morgan fingerprint density at radius 3 is 2.60 bits per heavy atom. The monoisotopic (exact) mass is 402 g/mol. The van der Waals surface area contributed by atoms with Gasteiger partial charge in [-0.1, -0.05) is 42.5 Å². The van der Waals surface area contributed by atoms with Crippen molar-refractivity contribution in [1.29, 1.82) is 0 Å². The zero-order valence-electron chi connectivity index (χ0n) is 16.8. The summed E-state index contributed by atoms with van der Waals surface area (Å²) in [6.07, 6.45) is 2.54. The Bertz CT molecular complexity index is 1140. The molecule has 1 N–H and O–H groups in total. The molecule has 0 radical (unpaired) electrons. The van der Waals surface area contributed by atoms with E-state index in [2.05, 4.69) is 15.3 Å². The molecule has 4 rings (SSSR count). The molecule has 0 spiro atoms. The fraction of sp³-hybridized carbons (Fsp3) is 0.208. The minimum atomic E-state index is -0.267. The van der Waals surface area contributed by atoms with Gasteiger partial charge in [-0.2, -0.15) is 0 Å². The molecule has 6 heteroatoms. The van der Waals surface area contributed by atoms with Crippen LogP contribution in [-0.4, -0.2) is 20.4 Å². The fourth-order valence-corrected chi connectivity index (χ4v) is 3.50. The number of nitrogens with zero attached hydrogens (tertiary/aromatic N) is 3. The van der Waals surface area contributed by atoms with Crippen molar-refractivity contribution in [3.05, 3.63) is 95.7 Å². The van der Waals surface area contributed by atoms with Crippen LogP contribution in [0.15, 0.2) is 72.9 Å². The number of carbonyl (C=O) groups is 1. The van der Waals surface area contributed by atoms with E-state index < -0.39 is 0 Å². The van der Waals surface area contributed by atoms with Crippen molar-refractivity contribution < 1.29 is 9.18 Å². The summed E-state index contributed by atoms with van der Waals surface area (Å²) < 4.78 is 15.3. The van der Waals surface area contributed by atoms with Crippen LogP contribution in [0.3, 0.4) is 0 Å². The third-order valence-corrected chi connectivity index (χ3v) is 5.09. The van der Waals surface area contributed by atoms with Crippen LogP contribution in [0.1, 0.15) is 36.3 Å². The van der Waals surface area contributed by atoms with Gasteiger partial charge < -0.3 is 9.88 Å². The number of hydrogen-bond donors (Lipinski definition) is 1. The quantitative estimate of drug-likeness (QED) is 0.498. The number of nitrogens with one attached hydrogen (secondary N) is 1. The largest absolute Gasteiger partial charge is 0.350 e. The molecule has 2 aromatic heterocycles. The molecule has 2 aromatic carbocycles. The molecule has 1 atom stereocenters. The molecule has 1 unspecified atom stereocenters. The highest BCUT2D eigenvalue weighted by Crippen LogP contribution is 2.18. The van der Waals surface area contributed by atoms with Crippen molar-refractivity contribution in [3.8, 4) is 0 Å². The highest BCUT2D eigenvalue weighted by molar-refractivity contribution is 5.77. The Balaban J connectivity index is 1.49. The first-order chi connectivity index (χ1) is 14.6. The Morgan fingerprint density at radius 1 is 1.07 bits per heavy atom. The van der Waals surface area contributed by atoms with E-state index in [0.29, 0.717) is 19.4 Å². The number of aromatic nitrogens is 3. The van der Waals surface area contributed by atoms with E-state index in [0.717, 1.165) is 28.1 Å². The molecule has 0 aliphatic rings. The van der Waals surface area contributed by atoms with E-state index in [-0.39, 0.29) is 17.8 Å². The minimum Gasteiger partial charge on any atom is -0.350 e. The summed E-state index contributed by atoms with van der Waals surface area (Å²) in [6.45, 7) is 2.49. The van der Waals surface area contributed by atoms with Crippen LogP contribution >= 0.6 is 0 Å². The van der Waals surface area contributed by atoms with Crippen LogP contribution in [-0.2, 0) is 17.8 Å². The molecule has 1 amide bonds. The molecule has 2 heterocycles. The number of imidazole rings is 1. The van der Waals surface area contributed by atoms with Crippen molar-refractivity contribution in [2.45, 2.75) is 32.4 Å². The molecular weight excluding hydrogens is 379 g/mol. The van der Waals surface area contributed by atoms with Gasteiger partial charge in [0.1, 0.15) is 17.2 Å². The first-order valence-corrected chi connectivity index (χ1v) is 9.99. The van der Waals surface area contributed by atoms with Gasteiger partial charge in [0.2, 0.25) is 5.91 Å². The normalized spacial score (nSPS) is 12.1. The topological polar surface area (TPSA) is 59.8 Å². The standard InChI is InChI=1S/C24H23FN4O/c1-17(19-6-3-2-4-7-19)27-23(30)14-13-22-28-21-8-5-15-26-24(21)29(22)16-18-9-11-20(25)12-10-18/h2-12,15,17H,13-14,16H2,1H3,(H,27,30). The molecule has 0 bridgehead atoms. The molecule has 0 aliphatic carbocycles. The smallest absolute Gasteiger partial charge is 0.220 e. The summed E-state index contributed by atoms with van der Waals surface area (Å²) >= 11 is 0. The first-order valence-electron chi connectivity index (χ1n) is 9.99. The summed E-state index contributed by atoms with van der Waals surface area (Å²) in [6, 6.07) is 20.0. The highest BCUT2D eigenvalue weighted by Gasteiger charge is 2.15. The van der Waals surface area contributed by atoms with Crippen molar-refractivity contribution in [3.63, 3.8) is 0 Å². The maximum Gasteiger partial charge on any atom is 0.220 e. The Labute approximate surface area is 174 Å². The summed E-state index contributed by atoms with van der Waals surface area (Å²) in [5, 5.41) is 3.04. The van der Waals surface area contributed by atoms with Gasteiger partial charge in [0.05, 0.1) is 12.6 Å². The number of amides is 1. The lowest BCUT2D eigenvalue weighted by molar-refractivity contribution is -0.121. The fourth-order valence-electron chi connectivity index (χ4n) is 3.50. The van der Waals surface area contributed by atoms with E-state index >= 15 is 0 Å². The van der Waals surface area contributed by atoms with Crippen LogP contribution in [0.25, 0.3) is 11.2 Å². The van der Waals surface area contributed by atoms with Gasteiger partial charge in [-0.05, 0) is 42.3 Å². The number of fused-ring (bicyclic) bond motifs is 1. The van der Waals surface area contributed by atoms with Gasteiger partial charge in [-0.15, -0.1) is 0 Å². The molecule has 152 valence electrons. The molecule has 30 heavy (non-hydrogen) atoms. The first kappa shape index (κ1) is 19.8. The zero-order valence-corrected chi connectivity index (χ0v) is 16.8. The highest BCUT2D eigenvalue weighted by atomic mass is 19.1. The third kappa shape index (κ3) is 4.54. The van der Waals surface area contributed by atoms with Gasteiger partial charge in [-0.25, -0.2) is 14.4 Å². The predicted molar refractivity (Wildman–Crippen MR) is 114 cm³/mol. The van der Waals surface area contributed by atoms with Gasteiger partial charge in [0, 0.05) is 19.0 Å². The van der Waals surface area contributed by atoms with Crippen molar-refractivity contribution in [1.82, 2.24) is 19.9 Å². The minimum absolute atomic E-state index is 0.0281. The number of benzene rings is 2. The van der Waals surface area contributed by atoms with Crippen LogP contribution < -0.4 is 5.32 Å². The lowest BCUT2D eigenvalue weighted by Crippen LogP contribution is -2.27. The van der Waals surface area contributed by atoms with Gasteiger partial charge >= 0.3 is 0 Å². The SMILES string of the molecule is CC(NC(=O)CCc1nc2cccnc2n1Cc1ccc(F)cc1)c1ccccc1. The predicted octanol–water partition coefficient (Wildman–Crippen LogP) is 4.43. The average molecular weight is 402 g/mol. The lowest BCUT2D eigenvalue weighted by Gasteiger charge is -2.14. The number of halogens is 1. The molecular formula is C24H23FN4O. The maximum absolute atomic E-state index is 13.3. The second-order valence-corrected chi connectivity index (χ2v) is 7.29. The van der Waals surface area contributed by atoms with Crippen LogP contribution in [0.4, 0.5) is 4.39 Å². The van der Waals surface area contributed by atoms with Gasteiger partial charge in [0.25, 0.3) is 0 Å². The summed E-state index contributed by atoms with van der Waals surface area (Å²) in [5.74, 6) is 0.493. The Hall–Kier alpha value is -3.54. The van der Waals surface area contributed by atoms with E-state index in [9.17, 15) is 9.18 Å². The van der Waals surface area contributed by atoms with Crippen LogP contribution in [0.2, 0.25) is 0 Å². The molecule has 5 nitrogen and oxygen atoms in total. The average Bonchev–Trinajstić information content (AvgIpc) is 3.12. The molecule has 0 saturated carbocycles. The van der Waals surface area contributed by atoms with Crippen molar-refractivity contribution in [2.75, 3.05) is 0 Å². The number of carbonyl (C=O) groups excluding carboxylic acids is 1. The number of pyridine rings is 1. The molecule has 0 fully saturated rings. The summed E-state index contributed by atoms with van der Waals surface area (Å²) in [7, 11) is 0. The second-order valence-electron chi connectivity index (χ2n) is 7.29. The molecule has 0 aliphatic heterocycles. The Kier molecular flexibility index (Phi) is 5.84. The molecule has 4 aromatic rings. The van der Waals surface area contributed by atoms with Crippen LogP contribution in [0, 0.1) is 5.82 Å². The summed E-state index contributed by atoms with van der Waals surface area (Å²) in [5.41, 5.74) is 3.56. The van der Waals surface area contributed by atoms with E-state index in [1.807, 2.05) is 54.0 Å². The number of rotatable bonds is 7. The maximum atomic E-state index is 13.3. The zero-order chi connectivity index (χ0) is 20.9. The molecule has 0 saturated heterocycles. The van der Waals surface area contributed by atoms with Gasteiger partial charge in [-0.3, -0.25) is 4.79 Å². The van der Waals surface area contributed by atoms with Gasteiger partial charge in [0.15, 0.2) is 5.65 Å².